The predicted molar refractivity (Wildman–Crippen MR) is 83.4 cm³/mol. The van der Waals surface area contributed by atoms with Crippen LogP contribution in [0.1, 0.15) is 12.5 Å². The van der Waals surface area contributed by atoms with Crippen LogP contribution in [0.15, 0.2) is 48.7 Å². The summed E-state index contributed by atoms with van der Waals surface area (Å²) in [5.74, 6) is 0.392. The van der Waals surface area contributed by atoms with E-state index in [0.717, 1.165) is 23.0 Å². The van der Waals surface area contributed by atoms with Gasteiger partial charge in [0, 0.05) is 29.2 Å². The van der Waals surface area contributed by atoms with E-state index in [1.807, 2.05) is 24.4 Å². The normalized spacial score (nSPS) is 11.0. The van der Waals surface area contributed by atoms with Crippen molar-refractivity contribution in [2.75, 3.05) is 0 Å². The van der Waals surface area contributed by atoms with Crippen LogP contribution in [0.5, 0.6) is 5.75 Å². The topological polar surface area (TPSA) is 14.2 Å². The predicted octanol–water partition coefficient (Wildman–Crippen LogP) is 5.03. The summed E-state index contributed by atoms with van der Waals surface area (Å²) in [6.45, 7) is 3.24. The lowest BCUT2D eigenvalue weighted by molar-refractivity contribution is 0.307. The lowest BCUT2D eigenvalue weighted by atomic mass is 10.2. The minimum atomic E-state index is -0.240. The maximum atomic E-state index is 13.5. The lowest BCUT2D eigenvalue weighted by Gasteiger charge is -2.06. The van der Waals surface area contributed by atoms with Gasteiger partial charge in [0.1, 0.15) is 18.2 Å². The van der Waals surface area contributed by atoms with Crippen LogP contribution in [-0.4, -0.2) is 4.57 Å². The monoisotopic (exact) mass is 303 g/mol. The van der Waals surface area contributed by atoms with Crippen LogP contribution in [0.2, 0.25) is 5.02 Å². The summed E-state index contributed by atoms with van der Waals surface area (Å²) in [6.07, 6.45) is 2.00. The van der Waals surface area contributed by atoms with Gasteiger partial charge in [-0.15, -0.1) is 0 Å². The first-order chi connectivity index (χ1) is 10.2. The summed E-state index contributed by atoms with van der Waals surface area (Å²) in [6, 6.07) is 12.2. The standard InChI is InChI=1S/C17H15ClFNO/c1-2-20-10-12(14-9-13(19)7-8-16(14)20)11-21-17-6-4-3-5-15(17)18/h3-10H,2,11H2,1H3. The summed E-state index contributed by atoms with van der Waals surface area (Å²) in [5.41, 5.74) is 1.96. The molecule has 1 aromatic heterocycles. The van der Waals surface area contributed by atoms with E-state index in [0.29, 0.717) is 17.4 Å². The van der Waals surface area contributed by atoms with Gasteiger partial charge < -0.3 is 9.30 Å². The van der Waals surface area contributed by atoms with Crippen LogP contribution in [0.25, 0.3) is 10.9 Å². The first kappa shape index (κ1) is 14.0. The first-order valence-electron chi connectivity index (χ1n) is 6.83. The second kappa shape index (κ2) is 5.78. The van der Waals surface area contributed by atoms with Crippen molar-refractivity contribution in [3.05, 3.63) is 65.1 Å². The Morgan fingerprint density at radius 2 is 2.00 bits per heavy atom. The quantitative estimate of drug-likeness (QED) is 0.659. The molecule has 0 unspecified atom stereocenters. The Balaban J connectivity index is 1.93. The number of aromatic nitrogens is 1. The van der Waals surface area contributed by atoms with E-state index < -0.39 is 0 Å². The molecule has 0 saturated carbocycles. The van der Waals surface area contributed by atoms with Crippen molar-refractivity contribution in [3.63, 3.8) is 0 Å². The Bertz CT molecular complexity index is 782. The van der Waals surface area contributed by atoms with E-state index in [2.05, 4.69) is 11.5 Å². The average molecular weight is 304 g/mol. The number of fused-ring (bicyclic) bond motifs is 1. The van der Waals surface area contributed by atoms with Crippen molar-refractivity contribution in [1.82, 2.24) is 4.57 Å². The molecule has 0 bridgehead atoms. The summed E-state index contributed by atoms with van der Waals surface area (Å²) in [4.78, 5) is 0. The molecule has 21 heavy (non-hydrogen) atoms. The van der Waals surface area contributed by atoms with Gasteiger partial charge >= 0.3 is 0 Å². The molecule has 0 atom stereocenters. The number of para-hydroxylation sites is 1. The van der Waals surface area contributed by atoms with Crippen molar-refractivity contribution in [2.24, 2.45) is 0 Å². The molecule has 3 aromatic rings. The van der Waals surface area contributed by atoms with Crippen LogP contribution in [0.3, 0.4) is 0 Å². The molecule has 3 rings (SSSR count). The smallest absolute Gasteiger partial charge is 0.138 e. The zero-order chi connectivity index (χ0) is 14.8. The van der Waals surface area contributed by atoms with Crippen LogP contribution >= 0.6 is 11.6 Å². The number of hydrogen-bond donors (Lipinski definition) is 0. The van der Waals surface area contributed by atoms with Crippen molar-refractivity contribution < 1.29 is 9.13 Å². The molecule has 2 nitrogen and oxygen atoms in total. The number of rotatable bonds is 4. The molecular formula is C17H15ClFNO. The molecule has 2 aromatic carbocycles. The Labute approximate surface area is 127 Å². The SMILES string of the molecule is CCn1cc(COc2ccccc2Cl)c2cc(F)ccc21. The Kier molecular flexibility index (Phi) is 3.84. The molecule has 0 radical (unpaired) electrons. The molecule has 0 saturated heterocycles. The molecule has 0 amide bonds. The number of nitrogens with zero attached hydrogens (tertiary/aromatic N) is 1. The van der Waals surface area contributed by atoms with E-state index >= 15 is 0 Å². The highest BCUT2D eigenvalue weighted by Gasteiger charge is 2.10. The minimum absolute atomic E-state index is 0.240. The maximum Gasteiger partial charge on any atom is 0.138 e. The van der Waals surface area contributed by atoms with Crippen molar-refractivity contribution in [1.29, 1.82) is 0 Å². The van der Waals surface area contributed by atoms with Gasteiger partial charge in [0.2, 0.25) is 0 Å². The fourth-order valence-corrected chi connectivity index (χ4v) is 2.63. The third kappa shape index (κ3) is 2.74. The second-order valence-electron chi connectivity index (χ2n) is 4.82. The summed E-state index contributed by atoms with van der Waals surface area (Å²) in [7, 11) is 0. The summed E-state index contributed by atoms with van der Waals surface area (Å²) >= 11 is 6.08. The number of hydrogen-bond acceptors (Lipinski definition) is 1. The molecule has 0 aliphatic carbocycles. The van der Waals surface area contributed by atoms with E-state index in [1.54, 1.807) is 18.2 Å². The van der Waals surface area contributed by atoms with Gasteiger partial charge in [0.15, 0.2) is 0 Å². The highest BCUT2D eigenvalue weighted by Crippen LogP contribution is 2.27. The molecule has 0 aliphatic heterocycles. The van der Waals surface area contributed by atoms with Gasteiger partial charge in [-0.25, -0.2) is 4.39 Å². The van der Waals surface area contributed by atoms with Gasteiger partial charge in [0.05, 0.1) is 5.02 Å². The van der Waals surface area contributed by atoms with Gasteiger partial charge in [0.25, 0.3) is 0 Å². The van der Waals surface area contributed by atoms with Crippen LogP contribution in [0, 0.1) is 5.82 Å². The number of halogens is 2. The third-order valence-electron chi connectivity index (χ3n) is 3.49. The lowest BCUT2D eigenvalue weighted by Crippen LogP contribution is -1.95. The van der Waals surface area contributed by atoms with Gasteiger partial charge in [-0.2, -0.15) is 0 Å². The maximum absolute atomic E-state index is 13.5. The molecule has 4 heteroatoms. The summed E-state index contributed by atoms with van der Waals surface area (Å²) in [5, 5.41) is 1.45. The van der Waals surface area contributed by atoms with Crippen molar-refractivity contribution in [2.45, 2.75) is 20.1 Å². The average Bonchev–Trinajstić information content (AvgIpc) is 2.83. The first-order valence-corrected chi connectivity index (χ1v) is 7.21. The fourth-order valence-electron chi connectivity index (χ4n) is 2.44. The van der Waals surface area contributed by atoms with E-state index in [4.69, 9.17) is 16.3 Å². The van der Waals surface area contributed by atoms with Gasteiger partial charge in [-0.3, -0.25) is 0 Å². The van der Waals surface area contributed by atoms with Gasteiger partial charge in [-0.05, 0) is 37.3 Å². The Morgan fingerprint density at radius 1 is 1.19 bits per heavy atom. The van der Waals surface area contributed by atoms with Crippen molar-refractivity contribution in [3.8, 4) is 5.75 Å². The van der Waals surface area contributed by atoms with Crippen LogP contribution in [-0.2, 0) is 13.2 Å². The fraction of sp³-hybridized carbons (Fsp3) is 0.176. The van der Waals surface area contributed by atoms with Crippen LogP contribution < -0.4 is 4.74 Å². The van der Waals surface area contributed by atoms with Gasteiger partial charge in [-0.1, -0.05) is 23.7 Å². The minimum Gasteiger partial charge on any atom is -0.487 e. The number of ether oxygens (including phenoxy) is 1. The molecular weight excluding hydrogens is 289 g/mol. The summed E-state index contributed by atoms with van der Waals surface area (Å²) < 4.78 is 21.3. The van der Waals surface area contributed by atoms with Crippen LogP contribution in [0.4, 0.5) is 4.39 Å². The molecule has 108 valence electrons. The highest BCUT2D eigenvalue weighted by atomic mass is 35.5. The number of benzene rings is 2. The van der Waals surface area contributed by atoms with Crippen molar-refractivity contribution >= 4 is 22.5 Å². The number of aryl methyl sites for hydroxylation is 1. The molecule has 0 aliphatic rings. The highest BCUT2D eigenvalue weighted by molar-refractivity contribution is 6.32. The molecule has 0 fully saturated rings. The third-order valence-corrected chi connectivity index (χ3v) is 3.80. The van der Waals surface area contributed by atoms with E-state index in [1.165, 1.54) is 6.07 Å². The molecule has 1 heterocycles. The van der Waals surface area contributed by atoms with E-state index in [-0.39, 0.29) is 5.82 Å². The molecule has 0 N–H and O–H groups in total. The zero-order valence-electron chi connectivity index (χ0n) is 11.6. The zero-order valence-corrected chi connectivity index (χ0v) is 12.4. The second-order valence-corrected chi connectivity index (χ2v) is 5.23. The molecule has 0 spiro atoms. The largest absolute Gasteiger partial charge is 0.487 e. The van der Waals surface area contributed by atoms with E-state index in [9.17, 15) is 4.39 Å². The Morgan fingerprint density at radius 3 is 2.76 bits per heavy atom. The Hall–Kier alpha value is -2.00.